The maximum absolute atomic E-state index is 12.1. The summed E-state index contributed by atoms with van der Waals surface area (Å²) in [6.45, 7) is -0.931. The Morgan fingerprint density at radius 3 is 2.26 bits per heavy atom. The SMILES string of the molecule is CN(CC(=O)Nc1ccccc1Cl)C(=O)CNC(=O)CNC(=O)c1ccc(Cl)cc1Cl. The van der Waals surface area contributed by atoms with E-state index in [2.05, 4.69) is 16.0 Å². The van der Waals surface area contributed by atoms with Crippen LogP contribution in [0.5, 0.6) is 0 Å². The highest BCUT2D eigenvalue weighted by molar-refractivity contribution is 6.36. The summed E-state index contributed by atoms with van der Waals surface area (Å²) in [6, 6.07) is 11.0. The quantitative estimate of drug-likeness (QED) is 0.534. The highest BCUT2D eigenvalue weighted by Crippen LogP contribution is 2.21. The molecule has 0 aliphatic rings. The van der Waals surface area contributed by atoms with E-state index in [9.17, 15) is 19.2 Å². The first-order chi connectivity index (χ1) is 14.7. The number of carbonyl (C=O) groups is 4. The lowest BCUT2D eigenvalue weighted by molar-refractivity contribution is -0.134. The van der Waals surface area contributed by atoms with E-state index in [-0.39, 0.29) is 30.2 Å². The second-order valence-electron chi connectivity index (χ2n) is 6.36. The van der Waals surface area contributed by atoms with Crippen LogP contribution in [0, 0.1) is 0 Å². The van der Waals surface area contributed by atoms with E-state index in [1.54, 1.807) is 24.3 Å². The molecule has 0 saturated carbocycles. The third kappa shape index (κ3) is 7.75. The molecule has 8 nitrogen and oxygen atoms in total. The molecule has 0 aliphatic carbocycles. The van der Waals surface area contributed by atoms with Crippen molar-refractivity contribution in [1.82, 2.24) is 15.5 Å². The van der Waals surface area contributed by atoms with Crippen molar-refractivity contribution in [3.8, 4) is 0 Å². The number of nitrogens with zero attached hydrogens (tertiary/aromatic N) is 1. The molecule has 4 amide bonds. The van der Waals surface area contributed by atoms with Crippen molar-refractivity contribution < 1.29 is 19.2 Å². The molecule has 2 aromatic rings. The summed E-state index contributed by atoms with van der Waals surface area (Å²) in [4.78, 5) is 49.3. The topological polar surface area (TPSA) is 108 Å². The van der Waals surface area contributed by atoms with Crippen LogP contribution in [0.2, 0.25) is 15.1 Å². The maximum Gasteiger partial charge on any atom is 0.253 e. The number of halogens is 3. The third-order valence-electron chi connectivity index (χ3n) is 3.98. The Hall–Kier alpha value is -2.81. The summed E-state index contributed by atoms with van der Waals surface area (Å²) < 4.78 is 0. The van der Waals surface area contributed by atoms with Crippen LogP contribution in [0.4, 0.5) is 5.69 Å². The molecule has 0 aliphatic heterocycles. The number of likely N-dealkylation sites (N-methyl/N-ethyl adjacent to an activating group) is 1. The normalized spacial score (nSPS) is 10.2. The van der Waals surface area contributed by atoms with Gasteiger partial charge < -0.3 is 20.9 Å². The van der Waals surface area contributed by atoms with Crippen molar-refractivity contribution in [2.45, 2.75) is 0 Å². The van der Waals surface area contributed by atoms with Gasteiger partial charge in [0.1, 0.15) is 0 Å². The van der Waals surface area contributed by atoms with Crippen molar-refractivity contribution in [1.29, 1.82) is 0 Å². The van der Waals surface area contributed by atoms with Gasteiger partial charge in [-0.25, -0.2) is 0 Å². The Morgan fingerprint density at radius 2 is 1.58 bits per heavy atom. The van der Waals surface area contributed by atoms with E-state index in [4.69, 9.17) is 34.8 Å². The summed E-state index contributed by atoms with van der Waals surface area (Å²) in [6.07, 6.45) is 0. The molecule has 3 N–H and O–H groups in total. The zero-order chi connectivity index (χ0) is 23.0. The molecule has 164 valence electrons. The van der Waals surface area contributed by atoms with Gasteiger partial charge in [-0.3, -0.25) is 19.2 Å². The first-order valence-electron chi connectivity index (χ1n) is 8.95. The van der Waals surface area contributed by atoms with Gasteiger partial charge in [-0.2, -0.15) is 0 Å². The highest BCUT2D eigenvalue weighted by Gasteiger charge is 2.16. The molecule has 0 spiro atoms. The van der Waals surface area contributed by atoms with Gasteiger partial charge >= 0.3 is 0 Å². The van der Waals surface area contributed by atoms with E-state index in [0.29, 0.717) is 15.7 Å². The summed E-state index contributed by atoms with van der Waals surface area (Å²) in [5.41, 5.74) is 0.596. The molecule has 0 saturated heterocycles. The van der Waals surface area contributed by atoms with Crippen molar-refractivity contribution in [2.24, 2.45) is 0 Å². The van der Waals surface area contributed by atoms with E-state index in [0.717, 1.165) is 4.90 Å². The van der Waals surface area contributed by atoms with Crippen LogP contribution in [0.25, 0.3) is 0 Å². The van der Waals surface area contributed by atoms with Crippen LogP contribution in [0.1, 0.15) is 10.4 Å². The van der Waals surface area contributed by atoms with E-state index in [1.807, 2.05) is 0 Å². The van der Waals surface area contributed by atoms with Gasteiger partial charge in [-0.05, 0) is 30.3 Å². The van der Waals surface area contributed by atoms with Gasteiger partial charge in [0, 0.05) is 12.1 Å². The van der Waals surface area contributed by atoms with Gasteiger partial charge in [0.15, 0.2) is 0 Å². The van der Waals surface area contributed by atoms with Crippen LogP contribution in [0.15, 0.2) is 42.5 Å². The standard InChI is InChI=1S/C20H19Cl3N4O4/c1-27(11-18(29)26-16-5-3-2-4-14(16)22)19(30)10-24-17(28)9-25-20(31)13-7-6-12(21)8-15(13)23/h2-8H,9-11H2,1H3,(H,24,28)(H,25,31)(H,26,29). The second-order valence-corrected chi connectivity index (χ2v) is 7.61. The number of nitrogens with one attached hydrogen (secondary N) is 3. The Labute approximate surface area is 193 Å². The molecule has 0 radical (unpaired) electrons. The molecule has 0 fully saturated rings. The molecule has 2 rings (SSSR count). The van der Waals surface area contributed by atoms with E-state index < -0.39 is 23.6 Å². The molecule has 11 heteroatoms. The second kappa shape index (κ2) is 11.5. The van der Waals surface area contributed by atoms with Crippen LogP contribution < -0.4 is 16.0 Å². The fraction of sp³-hybridized carbons (Fsp3) is 0.200. The summed E-state index contributed by atoms with van der Waals surface area (Å²) in [5, 5.41) is 8.27. The first kappa shape index (κ1) is 24.5. The van der Waals surface area contributed by atoms with Crippen molar-refractivity contribution in [2.75, 3.05) is 32.0 Å². The Bertz CT molecular complexity index is 1000. The first-order valence-corrected chi connectivity index (χ1v) is 10.1. The van der Waals surface area contributed by atoms with Crippen LogP contribution >= 0.6 is 34.8 Å². The van der Waals surface area contributed by atoms with Crippen molar-refractivity contribution >= 4 is 64.1 Å². The van der Waals surface area contributed by atoms with Gasteiger partial charge in [0.25, 0.3) is 5.91 Å². The van der Waals surface area contributed by atoms with Crippen molar-refractivity contribution in [3.05, 3.63) is 63.1 Å². The lowest BCUT2D eigenvalue weighted by Crippen LogP contribution is -2.44. The number of carbonyl (C=O) groups excluding carboxylic acids is 4. The predicted octanol–water partition coefficient (Wildman–Crippen LogP) is 2.59. The molecule has 0 unspecified atom stereocenters. The number of benzene rings is 2. The Kier molecular flexibility index (Phi) is 9.11. The fourth-order valence-electron chi connectivity index (χ4n) is 2.36. The monoisotopic (exact) mass is 484 g/mol. The minimum atomic E-state index is -0.583. The average Bonchev–Trinajstić information content (AvgIpc) is 2.71. The zero-order valence-electron chi connectivity index (χ0n) is 16.4. The fourth-order valence-corrected chi connectivity index (χ4v) is 3.03. The Morgan fingerprint density at radius 1 is 0.871 bits per heavy atom. The van der Waals surface area contributed by atoms with Gasteiger partial charge in [0.2, 0.25) is 17.7 Å². The van der Waals surface area contributed by atoms with Crippen LogP contribution in [-0.4, -0.2) is 55.2 Å². The smallest absolute Gasteiger partial charge is 0.253 e. The zero-order valence-corrected chi connectivity index (χ0v) is 18.6. The average molecular weight is 486 g/mol. The predicted molar refractivity (Wildman–Crippen MR) is 120 cm³/mol. The number of anilines is 1. The molecule has 0 bridgehead atoms. The minimum Gasteiger partial charge on any atom is -0.345 e. The van der Waals surface area contributed by atoms with E-state index in [1.165, 1.54) is 25.2 Å². The van der Waals surface area contributed by atoms with Crippen LogP contribution in [-0.2, 0) is 14.4 Å². The number of hydrogen-bond donors (Lipinski definition) is 3. The molecular weight excluding hydrogens is 467 g/mol. The highest BCUT2D eigenvalue weighted by atomic mass is 35.5. The van der Waals surface area contributed by atoms with E-state index >= 15 is 0 Å². The Balaban J connectivity index is 1.74. The molecular formula is C20H19Cl3N4O4. The number of para-hydroxylation sites is 1. The lowest BCUT2D eigenvalue weighted by Gasteiger charge is -2.17. The minimum absolute atomic E-state index is 0.150. The maximum atomic E-state index is 12.1. The van der Waals surface area contributed by atoms with Gasteiger partial charge in [-0.1, -0.05) is 46.9 Å². The molecule has 0 heterocycles. The summed E-state index contributed by atoms with van der Waals surface area (Å²) in [5.74, 6) is -2.07. The molecule has 0 atom stereocenters. The largest absolute Gasteiger partial charge is 0.345 e. The van der Waals surface area contributed by atoms with Gasteiger partial charge in [0.05, 0.1) is 40.9 Å². The number of amides is 4. The molecule has 0 aromatic heterocycles. The number of hydrogen-bond acceptors (Lipinski definition) is 4. The van der Waals surface area contributed by atoms with Crippen LogP contribution in [0.3, 0.4) is 0 Å². The lowest BCUT2D eigenvalue weighted by atomic mass is 10.2. The third-order valence-corrected chi connectivity index (χ3v) is 4.85. The number of rotatable bonds is 8. The summed E-state index contributed by atoms with van der Waals surface area (Å²) in [7, 11) is 1.42. The van der Waals surface area contributed by atoms with Gasteiger partial charge in [-0.15, -0.1) is 0 Å². The molecule has 31 heavy (non-hydrogen) atoms. The molecule has 2 aromatic carbocycles. The van der Waals surface area contributed by atoms with Crippen molar-refractivity contribution in [3.63, 3.8) is 0 Å². The summed E-state index contributed by atoms with van der Waals surface area (Å²) >= 11 is 17.7.